The summed E-state index contributed by atoms with van der Waals surface area (Å²) in [6, 6.07) is 8.58. The van der Waals surface area contributed by atoms with Gasteiger partial charge in [-0.15, -0.1) is 0 Å². The lowest BCUT2D eigenvalue weighted by Gasteiger charge is -2.16. The summed E-state index contributed by atoms with van der Waals surface area (Å²) < 4.78 is 0. The van der Waals surface area contributed by atoms with E-state index in [-0.39, 0.29) is 0 Å². The van der Waals surface area contributed by atoms with Crippen LogP contribution in [0.3, 0.4) is 0 Å². The number of hydrogen-bond donors (Lipinski definition) is 2. The Hall–Kier alpha value is -1.28. The van der Waals surface area contributed by atoms with E-state index in [0.717, 1.165) is 24.9 Å². The van der Waals surface area contributed by atoms with Crippen molar-refractivity contribution in [3.8, 4) is 0 Å². The largest absolute Gasteiger partial charge is 0.361 e. The van der Waals surface area contributed by atoms with Gasteiger partial charge in [0, 0.05) is 23.6 Å². The third-order valence-corrected chi connectivity index (χ3v) is 3.61. The van der Waals surface area contributed by atoms with E-state index in [0.29, 0.717) is 0 Å². The summed E-state index contributed by atoms with van der Waals surface area (Å²) in [7, 11) is 0. The number of aromatic nitrogens is 1. The number of hydrogen-bond acceptors (Lipinski definition) is 1. The Kier molecular flexibility index (Phi) is 3.85. The Balaban J connectivity index is 1.97. The van der Waals surface area contributed by atoms with Crippen molar-refractivity contribution >= 4 is 10.9 Å². The van der Waals surface area contributed by atoms with Gasteiger partial charge in [0.15, 0.2) is 0 Å². The van der Waals surface area contributed by atoms with Gasteiger partial charge in [-0.3, -0.25) is 0 Å². The maximum atomic E-state index is 3.55. The van der Waals surface area contributed by atoms with Gasteiger partial charge in [-0.25, -0.2) is 0 Å². The fourth-order valence-corrected chi connectivity index (χ4v) is 1.97. The van der Waals surface area contributed by atoms with Gasteiger partial charge in [-0.1, -0.05) is 32.9 Å². The van der Waals surface area contributed by atoms with E-state index in [2.05, 4.69) is 55.3 Å². The number of benzene rings is 1. The quantitative estimate of drug-likeness (QED) is 0.807. The first-order valence-corrected chi connectivity index (χ1v) is 6.44. The minimum absolute atomic E-state index is 0.723. The molecule has 92 valence electrons. The van der Waals surface area contributed by atoms with Crippen LogP contribution in [0.25, 0.3) is 10.9 Å². The average molecular weight is 230 g/mol. The van der Waals surface area contributed by atoms with Crippen LogP contribution in [0.1, 0.15) is 26.3 Å². The number of rotatable bonds is 5. The summed E-state index contributed by atoms with van der Waals surface area (Å²) in [4.78, 5) is 3.25. The molecule has 17 heavy (non-hydrogen) atoms. The molecule has 0 aliphatic heterocycles. The molecular weight excluding hydrogens is 208 g/mol. The molecular formula is C15H22N2. The molecule has 0 radical (unpaired) electrons. The molecule has 1 unspecified atom stereocenters. The predicted octanol–water partition coefficient (Wildman–Crippen LogP) is 3.55. The van der Waals surface area contributed by atoms with E-state index < -0.39 is 0 Å². The van der Waals surface area contributed by atoms with Crippen LogP contribution in [0.2, 0.25) is 0 Å². The van der Waals surface area contributed by atoms with Crippen LogP contribution in [0.4, 0.5) is 0 Å². The van der Waals surface area contributed by atoms with Crippen LogP contribution < -0.4 is 5.32 Å². The molecule has 2 N–H and O–H groups in total. The monoisotopic (exact) mass is 230 g/mol. The molecule has 0 saturated heterocycles. The van der Waals surface area contributed by atoms with Crippen LogP contribution in [0.15, 0.2) is 30.5 Å². The summed E-state index contributed by atoms with van der Waals surface area (Å²) in [5, 5.41) is 4.88. The van der Waals surface area contributed by atoms with Crippen LogP contribution in [0.5, 0.6) is 0 Å². The molecule has 0 fully saturated rings. The molecule has 2 aromatic rings. The van der Waals surface area contributed by atoms with E-state index in [1.54, 1.807) is 0 Å². The van der Waals surface area contributed by atoms with Gasteiger partial charge in [0.05, 0.1) is 0 Å². The Bertz CT molecular complexity index is 470. The van der Waals surface area contributed by atoms with Crippen LogP contribution in [-0.4, -0.2) is 11.5 Å². The zero-order valence-electron chi connectivity index (χ0n) is 11.0. The van der Waals surface area contributed by atoms with Crippen molar-refractivity contribution in [3.05, 3.63) is 36.0 Å². The lowest BCUT2D eigenvalue weighted by atomic mass is 9.98. The van der Waals surface area contributed by atoms with E-state index >= 15 is 0 Å². The molecule has 0 spiro atoms. The summed E-state index contributed by atoms with van der Waals surface area (Å²) in [5.74, 6) is 1.46. The average Bonchev–Trinajstić information content (AvgIpc) is 2.77. The van der Waals surface area contributed by atoms with Crippen molar-refractivity contribution in [1.29, 1.82) is 0 Å². The molecule has 1 aromatic heterocycles. The third-order valence-electron chi connectivity index (χ3n) is 3.61. The van der Waals surface area contributed by atoms with Crippen LogP contribution >= 0.6 is 0 Å². The van der Waals surface area contributed by atoms with Crippen molar-refractivity contribution in [2.75, 3.05) is 6.54 Å². The Morgan fingerprint density at radius 3 is 2.76 bits per heavy atom. The summed E-state index contributed by atoms with van der Waals surface area (Å²) in [5.41, 5.74) is 2.60. The van der Waals surface area contributed by atoms with Crippen molar-refractivity contribution in [1.82, 2.24) is 10.3 Å². The lowest BCUT2D eigenvalue weighted by Crippen LogP contribution is -2.23. The second kappa shape index (κ2) is 5.37. The van der Waals surface area contributed by atoms with Crippen molar-refractivity contribution in [2.24, 2.45) is 11.8 Å². The molecule has 1 atom stereocenters. The minimum Gasteiger partial charge on any atom is -0.361 e. The van der Waals surface area contributed by atoms with Gasteiger partial charge in [0.25, 0.3) is 0 Å². The minimum atomic E-state index is 0.723. The second-order valence-electron chi connectivity index (χ2n) is 5.21. The van der Waals surface area contributed by atoms with Gasteiger partial charge in [0.2, 0.25) is 0 Å². The topological polar surface area (TPSA) is 27.8 Å². The zero-order valence-corrected chi connectivity index (χ0v) is 11.0. The first-order valence-electron chi connectivity index (χ1n) is 6.44. The highest BCUT2D eigenvalue weighted by Crippen LogP contribution is 2.17. The molecule has 2 rings (SSSR count). The Labute approximate surface area is 103 Å². The van der Waals surface area contributed by atoms with Crippen LogP contribution in [-0.2, 0) is 6.54 Å². The SMILES string of the molecule is CC(C)C(C)CNCc1cccc2[nH]ccc12. The Morgan fingerprint density at radius 2 is 2.00 bits per heavy atom. The summed E-state index contributed by atoms with van der Waals surface area (Å²) in [6.07, 6.45) is 2.00. The third kappa shape index (κ3) is 2.89. The zero-order chi connectivity index (χ0) is 12.3. The molecule has 1 aromatic carbocycles. The first-order chi connectivity index (χ1) is 8.18. The molecule has 0 saturated carbocycles. The Morgan fingerprint density at radius 1 is 1.18 bits per heavy atom. The van der Waals surface area contributed by atoms with Gasteiger partial charge in [-0.05, 0) is 36.1 Å². The highest BCUT2D eigenvalue weighted by Gasteiger charge is 2.07. The number of aromatic amines is 1. The molecule has 1 heterocycles. The van der Waals surface area contributed by atoms with E-state index in [1.165, 1.54) is 16.5 Å². The van der Waals surface area contributed by atoms with E-state index in [4.69, 9.17) is 0 Å². The van der Waals surface area contributed by atoms with Crippen molar-refractivity contribution < 1.29 is 0 Å². The van der Waals surface area contributed by atoms with Crippen molar-refractivity contribution in [2.45, 2.75) is 27.3 Å². The second-order valence-corrected chi connectivity index (χ2v) is 5.21. The molecule has 0 aliphatic carbocycles. The summed E-state index contributed by atoms with van der Waals surface area (Å²) >= 11 is 0. The highest BCUT2D eigenvalue weighted by atomic mass is 14.9. The summed E-state index contributed by atoms with van der Waals surface area (Å²) in [6.45, 7) is 8.89. The van der Waals surface area contributed by atoms with Gasteiger partial charge < -0.3 is 10.3 Å². The number of nitrogens with one attached hydrogen (secondary N) is 2. The lowest BCUT2D eigenvalue weighted by molar-refractivity contribution is 0.393. The normalized spacial score (nSPS) is 13.4. The smallest absolute Gasteiger partial charge is 0.0457 e. The van der Waals surface area contributed by atoms with Gasteiger partial charge in [-0.2, -0.15) is 0 Å². The maximum absolute atomic E-state index is 3.55. The van der Waals surface area contributed by atoms with Gasteiger partial charge in [0.1, 0.15) is 0 Å². The fourth-order valence-electron chi connectivity index (χ4n) is 1.97. The predicted molar refractivity (Wildman–Crippen MR) is 74.0 cm³/mol. The highest BCUT2D eigenvalue weighted by molar-refractivity contribution is 5.82. The molecule has 0 amide bonds. The van der Waals surface area contributed by atoms with E-state index in [9.17, 15) is 0 Å². The number of H-pyrrole nitrogens is 1. The molecule has 2 heteroatoms. The van der Waals surface area contributed by atoms with Crippen molar-refractivity contribution in [3.63, 3.8) is 0 Å². The molecule has 0 bridgehead atoms. The molecule has 0 aliphatic rings. The van der Waals surface area contributed by atoms with E-state index in [1.807, 2.05) is 6.20 Å². The van der Waals surface area contributed by atoms with Crippen LogP contribution in [0, 0.1) is 11.8 Å². The standard InChI is InChI=1S/C15H22N2/c1-11(2)12(3)9-16-10-13-5-4-6-15-14(13)7-8-17-15/h4-8,11-12,16-17H,9-10H2,1-3H3. The first kappa shape index (κ1) is 12.2. The maximum Gasteiger partial charge on any atom is 0.0457 e. The number of fused-ring (bicyclic) bond motifs is 1. The fraction of sp³-hybridized carbons (Fsp3) is 0.467. The molecule has 2 nitrogen and oxygen atoms in total. The van der Waals surface area contributed by atoms with Gasteiger partial charge >= 0.3 is 0 Å².